The average Bonchev–Trinajstić information content (AvgIpc) is 2.85. The third kappa shape index (κ3) is 5.90. The van der Waals surface area contributed by atoms with Crippen LogP contribution >= 0.6 is 11.8 Å². The van der Waals surface area contributed by atoms with Gasteiger partial charge in [-0.1, -0.05) is 54.2 Å². The van der Waals surface area contributed by atoms with Crippen molar-refractivity contribution in [1.82, 2.24) is 19.8 Å². The van der Waals surface area contributed by atoms with E-state index in [0.29, 0.717) is 29.1 Å². The number of fused-ring (bicyclic) bond motifs is 1. The number of aromatic nitrogens is 2. The van der Waals surface area contributed by atoms with Crippen LogP contribution in [0.5, 0.6) is 0 Å². The number of morpholine rings is 1. The zero-order valence-corrected chi connectivity index (χ0v) is 19.4. The monoisotopic (exact) mass is 464 g/mol. The van der Waals surface area contributed by atoms with Crippen molar-refractivity contribution in [3.63, 3.8) is 0 Å². The molecule has 0 radical (unpaired) electrons. The van der Waals surface area contributed by atoms with Crippen LogP contribution in [0.15, 0.2) is 71.1 Å². The summed E-state index contributed by atoms with van der Waals surface area (Å²) in [4.78, 5) is 32.4. The van der Waals surface area contributed by atoms with Crippen molar-refractivity contribution >= 4 is 28.6 Å². The highest BCUT2D eigenvalue weighted by atomic mass is 32.2. The molecule has 0 aliphatic carbocycles. The van der Waals surface area contributed by atoms with Crippen LogP contribution in [-0.2, 0) is 29.2 Å². The first-order valence-corrected chi connectivity index (χ1v) is 12.0. The Morgan fingerprint density at radius 3 is 2.64 bits per heavy atom. The molecule has 2 aromatic carbocycles. The number of para-hydroxylation sites is 1. The summed E-state index contributed by atoms with van der Waals surface area (Å²) in [5.74, 6) is 0.0711. The molecule has 2 heterocycles. The van der Waals surface area contributed by atoms with Gasteiger partial charge >= 0.3 is 0 Å². The van der Waals surface area contributed by atoms with Gasteiger partial charge in [-0.05, 0) is 23.3 Å². The topological polar surface area (TPSA) is 76.5 Å². The van der Waals surface area contributed by atoms with Crippen LogP contribution in [0.2, 0.25) is 0 Å². The van der Waals surface area contributed by atoms with E-state index in [1.54, 1.807) is 16.7 Å². The van der Waals surface area contributed by atoms with Crippen LogP contribution in [0.1, 0.15) is 11.1 Å². The number of hydrogen-bond donors (Lipinski definition) is 1. The van der Waals surface area contributed by atoms with E-state index in [1.165, 1.54) is 17.3 Å². The number of carbonyl (C=O) groups excluding carboxylic acids is 1. The second kappa shape index (κ2) is 11.3. The van der Waals surface area contributed by atoms with Crippen molar-refractivity contribution in [3.05, 3.63) is 82.7 Å². The van der Waals surface area contributed by atoms with Gasteiger partial charge in [0, 0.05) is 32.7 Å². The number of rotatable bonds is 9. The van der Waals surface area contributed by atoms with Crippen LogP contribution in [0.25, 0.3) is 10.9 Å². The average molecular weight is 465 g/mol. The van der Waals surface area contributed by atoms with Gasteiger partial charge in [-0.3, -0.25) is 19.1 Å². The zero-order valence-electron chi connectivity index (χ0n) is 18.5. The molecule has 1 aliphatic rings. The van der Waals surface area contributed by atoms with E-state index in [9.17, 15) is 9.59 Å². The van der Waals surface area contributed by atoms with Gasteiger partial charge in [0.15, 0.2) is 5.16 Å². The van der Waals surface area contributed by atoms with E-state index in [0.717, 1.165) is 38.4 Å². The molecule has 0 unspecified atom stereocenters. The number of allylic oxidation sites excluding steroid dienone is 1. The van der Waals surface area contributed by atoms with Crippen molar-refractivity contribution in [3.8, 4) is 0 Å². The minimum Gasteiger partial charge on any atom is -0.379 e. The number of hydrogen-bond acceptors (Lipinski definition) is 6. The fourth-order valence-electron chi connectivity index (χ4n) is 3.81. The summed E-state index contributed by atoms with van der Waals surface area (Å²) in [6, 6.07) is 15.4. The number of carbonyl (C=O) groups is 1. The van der Waals surface area contributed by atoms with Crippen LogP contribution in [0.4, 0.5) is 0 Å². The predicted octanol–water partition coefficient (Wildman–Crippen LogP) is 2.82. The molecular formula is C25H28N4O3S. The second-order valence-electron chi connectivity index (χ2n) is 7.84. The Hall–Kier alpha value is -2.94. The molecule has 7 nitrogen and oxygen atoms in total. The molecule has 1 fully saturated rings. The molecule has 172 valence electrons. The molecule has 33 heavy (non-hydrogen) atoms. The van der Waals surface area contributed by atoms with Gasteiger partial charge in [0.1, 0.15) is 0 Å². The molecule has 0 atom stereocenters. The van der Waals surface area contributed by atoms with Gasteiger partial charge in [-0.2, -0.15) is 0 Å². The standard InChI is InChI=1S/C25H28N4O3S/c1-2-11-29-24(31)21-9-5-6-10-22(21)27-25(29)33-18-23(30)26-16-19-7-3-4-8-20(19)17-28-12-14-32-15-13-28/h2-10H,1,11-18H2,(H,26,30). The Labute approximate surface area is 197 Å². The third-order valence-corrected chi connectivity index (χ3v) is 6.54. The van der Waals surface area contributed by atoms with Crippen LogP contribution in [0, 0.1) is 0 Å². The lowest BCUT2D eigenvalue weighted by molar-refractivity contribution is -0.118. The van der Waals surface area contributed by atoms with Crippen molar-refractivity contribution in [2.45, 2.75) is 24.8 Å². The van der Waals surface area contributed by atoms with Gasteiger partial charge < -0.3 is 10.1 Å². The third-order valence-electron chi connectivity index (χ3n) is 5.56. The van der Waals surface area contributed by atoms with E-state index < -0.39 is 0 Å². The summed E-state index contributed by atoms with van der Waals surface area (Å²) in [6.07, 6.45) is 1.66. The number of thioether (sulfide) groups is 1. The highest BCUT2D eigenvalue weighted by Crippen LogP contribution is 2.18. The van der Waals surface area contributed by atoms with Crippen molar-refractivity contribution < 1.29 is 9.53 Å². The molecular weight excluding hydrogens is 436 g/mol. The molecule has 4 rings (SSSR count). The van der Waals surface area contributed by atoms with E-state index in [4.69, 9.17) is 4.74 Å². The number of ether oxygens (including phenoxy) is 1. The molecule has 8 heteroatoms. The quantitative estimate of drug-likeness (QED) is 0.298. The van der Waals surface area contributed by atoms with E-state index in [1.807, 2.05) is 30.3 Å². The fraction of sp³-hybridized carbons (Fsp3) is 0.320. The Kier molecular flexibility index (Phi) is 7.93. The Bertz CT molecular complexity index is 1190. The number of amides is 1. The minimum atomic E-state index is -0.125. The predicted molar refractivity (Wildman–Crippen MR) is 131 cm³/mol. The molecule has 3 aromatic rings. The summed E-state index contributed by atoms with van der Waals surface area (Å²) in [5, 5.41) is 4.09. The number of nitrogens with one attached hydrogen (secondary N) is 1. The summed E-state index contributed by atoms with van der Waals surface area (Å²) >= 11 is 1.26. The fourth-order valence-corrected chi connectivity index (χ4v) is 4.65. The molecule has 1 saturated heterocycles. The van der Waals surface area contributed by atoms with Gasteiger partial charge in [0.25, 0.3) is 5.56 Å². The van der Waals surface area contributed by atoms with Crippen molar-refractivity contribution in [2.75, 3.05) is 32.1 Å². The van der Waals surface area contributed by atoms with Crippen LogP contribution in [-0.4, -0.2) is 52.4 Å². The molecule has 0 spiro atoms. The highest BCUT2D eigenvalue weighted by molar-refractivity contribution is 7.99. The van der Waals surface area contributed by atoms with Gasteiger partial charge in [-0.25, -0.2) is 4.98 Å². The van der Waals surface area contributed by atoms with Gasteiger partial charge in [0.2, 0.25) is 5.91 Å². The summed E-state index contributed by atoms with van der Waals surface area (Å²) in [6.45, 7) is 8.75. The highest BCUT2D eigenvalue weighted by Gasteiger charge is 2.15. The largest absolute Gasteiger partial charge is 0.379 e. The van der Waals surface area contributed by atoms with E-state index in [-0.39, 0.29) is 17.2 Å². The van der Waals surface area contributed by atoms with Gasteiger partial charge in [0.05, 0.1) is 29.9 Å². The van der Waals surface area contributed by atoms with Crippen LogP contribution in [0.3, 0.4) is 0 Å². The maximum absolute atomic E-state index is 12.8. The second-order valence-corrected chi connectivity index (χ2v) is 8.78. The number of nitrogens with zero attached hydrogens (tertiary/aromatic N) is 3. The first-order valence-electron chi connectivity index (χ1n) is 11.0. The maximum Gasteiger partial charge on any atom is 0.262 e. The van der Waals surface area contributed by atoms with E-state index >= 15 is 0 Å². The smallest absolute Gasteiger partial charge is 0.262 e. The van der Waals surface area contributed by atoms with Crippen molar-refractivity contribution in [2.24, 2.45) is 0 Å². The maximum atomic E-state index is 12.8. The van der Waals surface area contributed by atoms with E-state index in [2.05, 4.69) is 33.9 Å². The zero-order chi connectivity index (χ0) is 23.0. The lowest BCUT2D eigenvalue weighted by atomic mass is 10.1. The molecule has 1 aromatic heterocycles. The first kappa shape index (κ1) is 23.2. The first-order chi connectivity index (χ1) is 16.2. The Morgan fingerprint density at radius 2 is 1.85 bits per heavy atom. The molecule has 0 bridgehead atoms. The number of benzene rings is 2. The Balaban J connectivity index is 1.39. The lowest BCUT2D eigenvalue weighted by Crippen LogP contribution is -2.36. The minimum absolute atomic E-state index is 0.103. The molecule has 1 N–H and O–H groups in total. The molecule has 1 amide bonds. The molecule has 1 aliphatic heterocycles. The summed E-state index contributed by atoms with van der Waals surface area (Å²) in [7, 11) is 0. The summed E-state index contributed by atoms with van der Waals surface area (Å²) < 4.78 is 6.99. The summed E-state index contributed by atoms with van der Waals surface area (Å²) in [5.41, 5.74) is 2.82. The van der Waals surface area contributed by atoms with Gasteiger partial charge in [-0.15, -0.1) is 6.58 Å². The van der Waals surface area contributed by atoms with Crippen LogP contribution < -0.4 is 10.9 Å². The Morgan fingerprint density at radius 1 is 1.12 bits per heavy atom. The lowest BCUT2D eigenvalue weighted by Gasteiger charge is -2.27. The SMILES string of the molecule is C=CCn1c(SCC(=O)NCc2ccccc2CN2CCOCC2)nc2ccccc2c1=O. The normalized spacial score (nSPS) is 14.3. The van der Waals surface area contributed by atoms with Crippen molar-refractivity contribution in [1.29, 1.82) is 0 Å². The molecule has 0 saturated carbocycles.